The molecule has 0 saturated heterocycles. The third-order valence-electron chi connectivity index (χ3n) is 5.04. The molecule has 0 saturated carbocycles. The van der Waals surface area contributed by atoms with Crippen LogP contribution >= 0.6 is 0 Å². The summed E-state index contributed by atoms with van der Waals surface area (Å²) in [7, 11) is -3.71. The molecule has 0 spiro atoms. The van der Waals surface area contributed by atoms with Crippen molar-refractivity contribution in [3.8, 4) is 11.1 Å². The van der Waals surface area contributed by atoms with E-state index in [2.05, 4.69) is 0 Å². The number of anilines is 1. The van der Waals surface area contributed by atoms with Gasteiger partial charge in [0.15, 0.2) is 0 Å². The van der Waals surface area contributed by atoms with E-state index in [4.69, 9.17) is 0 Å². The third kappa shape index (κ3) is 4.29. The van der Waals surface area contributed by atoms with Crippen LogP contribution in [0.5, 0.6) is 0 Å². The molecule has 0 atom stereocenters. The van der Waals surface area contributed by atoms with Crippen LogP contribution in [0, 0.1) is 6.92 Å². The first-order valence-electron chi connectivity index (χ1n) is 9.83. The summed E-state index contributed by atoms with van der Waals surface area (Å²) >= 11 is 0. The second-order valence-corrected chi connectivity index (χ2v) is 9.09. The van der Waals surface area contributed by atoms with Crippen LogP contribution in [-0.2, 0) is 16.6 Å². The average molecular weight is 414 g/mol. The van der Waals surface area contributed by atoms with Crippen LogP contribution in [0.2, 0.25) is 0 Å². The molecule has 0 N–H and O–H groups in total. The number of rotatable bonds is 6. The summed E-state index contributed by atoms with van der Waals surface area (Å²) in [6, 6.07) is 34.4. The minimum atomic E-state index is -3.71. The third-order valence-corrected chi connectivity index (χ3v) is 6.83. The van der Waals surface area contributed by atoms with Crippen molar-refractivity contribution in [2.24, 2.45) is 0 Å². The van der Waals surface area contributed by atoms with Gasteiger partial charge < -0.3 is 0 Å². The lowest BCUT2D eigenvalue weighted by Gasteiger charge is -2.25. The molecule has 3 nitrogen and oxygen atoms in total. The Kier molecular flexibility index (Phi) is 5.68. The lowest BCUT2D eigenvalue weighted by Crippen LogP contribution is -2.30. The number of hydrogen-bond donors (Lipinski definition) is 0. The van der Waals surface area contributed by atoms with Gasteiger partial charge in [-0.25, -0.2) is 8.42 Å². The Labute approximate surface area is 178 Å². The van der Waals surface area contributed by atoms with Crippen LogP contribution in [-0.4, -0.2) is 8.42 Å². The molecule has 4 heteroatoms. The molecule has 30 heavy (non-hydrogen) atoms. The van der Waals surface area contributed by atoms with Gasteiger partial charge in [0.2, 0.25) is 0 Å². The molecule has 0 amide bonds. The molecule has 0 heterocycles. The first-order chi connectivity index (χ1) is 14.5. The van der Waals surface area contributed by atoms with Crippen LogP contribution in [0.3, 0.4) is 0 Å². The van der Waals surface area contributed by atoms with Crippen LogP contribution in [0.15, 0.2) is 114 Å². The smallest absolute Gasteiger partial charge is 0.262 e. The zero-order valence-corrected chi connectivity index (χ0v) is 17.6. The molecular weight excluding hydrogens is 390 g/mol. The standard InChI is InChI=1S/C26H23NO2S/c1-21-12-18-26(19-13-21)30(28,29)27(20-22-8-4-2-5-9-22)25-16-14-24(15-17-25)23-10-6-3-7-11-23/h2-19H,20H2,1H3. The van der Waals surface area contributed by atoms with Gasteiger partial charge in [-0.15, -0.1) is 0 Å². The van der Waals surface area contributed by atoms with E-state index in [0.717, 1.165) is 22.3 Å². The van der Waals surface area contributed by atoms with Crippen molar-refractivity contribution in [2.45, 2.75) is 18.4 Å². The van der Waals surface area contributed by atoms with Crippen molar-refractivity contribution in [3.63, 3.8) is 0 Å². The summed E-state index contributed by atoms with van der Waals surface area (Å²) in [4.78, 5) is 0.288. The minimum absolute atomic E-state index is 0.266. The van der Waals surface area contributed by atoms with E-state index in [9.17, 15) is 8.42 Å². The Morgan fingerprint density at radius 1 is 0.633 bits per heavy atom. The highest BCUT2D eigenvalue weighted by Crippen LogP contribution is 2.29. The van der Waals surface area contributed by atoms with E-state index in [1.165, 1.54) is 4.31 Å². The van der Waals surface area contributed by atoms with Gasteiger partial charge in [0.1, 0.15) is 0 Å². The normalized spacial score (nSPS) is 11.2. The van der Waals surface area contributed by atoms with Crippen molar-refractivity contribution in [2.75, 3.05) is 4.31 Å². The highest BCUT2D eigenvalue weighted by Gasteiger charge is 2.25. The van der Waals surface area contributed by atoms with E-state index >= 15 is 0 Å². The van der Waals surface area contributed by atoms with Gasteiger partial charge >= 0.3 is 0 Å². The van der Waals surface area contributed by atoms with E-state index in [1.54, 1.807) is 12.1 Å². The number of sulfonamides is 1. The van der Waals surface area contributed by atoms with E-state index in [0.29, 0.717) is 5.69 Å². The largest absolute Gasteiger partial charge is 0.264 e. The molecule has 4 aromatic carbocycles. The molecule has 150 valence electrons. The van der Waals surface area contributed by atoms with Gasteiger partial charge in [-0.05, 0) is 47.9 Å². The lowest BCUT2D eigenvalue weighted by atomic mass is 10.1. The van der Waals surface area contributed by atoms with Crippen LogP contribution in [0.1, 0.15) is 11.1 Å². The zero-order chi connectivity index (χ0) is 21.0. The molecule has 0 aliphatic heterocycles. The van der Waals surface area contributed by atoms with Crippen LogP contribution < -0.4 is 4.31 Å². The van der Waals surface area contributed by atoms with Crippen molar-refractivity contribution in [3.05, 3.63) is 120 Å². The molecular formula is C26H23NO2S. The van der Waals surface area contributed by atoms with E-state index in [-0.39, 0.29) is 11.4 Å². The Morgan fingerprint density at radius 2 is 1.17 bits per heavy atom. The van der Waals surface area contributed by atoms with E-state index in [1.807, 2.05) is 104 Å². The quantitative estimate of drug-likeness (QED) is 0.385. The van der Waals surface area contributed by atoms with Crippen molar-refractivity contribution in [1.29, 1.82) is 0 Å². The molecule has 0 aliphatic carbocycles. The second-order valence-electron chi connectivity index (χ2n) is 7.22. The lowest BCUT2D eigenvalue weighted by molar-refractivity contribution is 0.590. The number of aryl methyl sites for hydroxylation is 1. The van der Waals surface area contributed by atoms with Gasteiger partial charge in [-0.1, -0.05) is 90.5 Å². The summed E-state index contributed by atoms with van der Waals surface area (Å²) in [5.41, 5.74) is 4.74. The second kappa shape index (κ2) is 8.56. The topological polar surface area (TPSA) is 37.4 Å². The molecule has 0 unspecified atom stereocenters. The van der Waals surface area contributed by atoms with Crippen LogP contribution in [0.4, 0.5) is 5.69 Å². The number of hydrogen-bond acceptors (Lipinski definition) is 2. The maximum absolute atomic E-state index is 13.5. The summed E-state index contributed by atoms with van der Waals surface area (Å²) in [5, 5.41) is 0. The highest BCUT2D eigenvalue weighted by molar-refractivity contribution is 7.92. The molecule has 0 bridgehead atoms. The zero-order valence-electron chi connectivity index (χ0n) is 16.8. The minimum Gasteiger partial charge on any atom is -0.262 e. The maximum Gasteiger partial charge on any atom is 0.264 e. The van der Waals surface area contributed by atoms with Gasteiger partial charge in [-0.3, -0.25) is 4.31 Å². The SMILES string of the molecule is Cc1ccc(S(=O)(=O)N(Cc2ccccc2)c2ccc(-c3ccccc3)cc2)cc1. The van der Waals surface area contributed by atoms with E-state index < -0.39 is 10.0 Å². The van der Waals surface area contributed by atoms with Crippen molar-refractivity contribution in [1.82, 2.24) is 0 Å². The predicted molar refractivity (Wildman–Crippen MR) is 123 cm³/mol. The highest BCUT2D eigenvalue weighted by atomic mass is 32.2. The maximum atomic E-state index is 13.5. The van der Waals surface area contributed by atoms with Gasteiger partial charge in [0, 0.05) is 0 Å². The summed E-state index contributed by atoms with van der Waals surface area (Å²) in [6.45, 7) is 2.21. The monoisotopic (exact) mass is 413 g/mol. The first-order valence-corrected chi connectivity index (χ1v) is 11.3. The van der Waals surface area contributed by atoms with Crippen molar-refractivity contribution < 1.29 is 8.42 Å². The fourth-order valence-corrected chi connectivity index (χ4v) is 4.81. The Morgan fingerprint density at radius 3 is 1.77 bits per heavy atom. The fourth-order valence-electron chi connectivity index (χ4n) is 3.35. The molecule has 0 fully saturated rings. The molecule has 0 aliphatic rings. The Balaban J connectivity index is 1.74. The Hall–Kier alpha value is -3.37. The molecule has 4 aromatic rings. The summed E-state index contributed by atoms with van der Waals surface area (Å²) in [6.07, 6.45) is 0. The van der Waals surface area contributed by atoms with Gasteiger partial charge in [-0.2, -0.15) is 0 Å². The predicted octanol–water partition coefficient (Wildman–Crippen LogP) is 6.06. The Bertz CT molecular complexity index is 1200. The summed E-state index contributed by atoms with van der Waals surface area (Å²) in [5.74, 6) is 0. The first kappa shape index (κ1) is 19.9. The molecule has 4 rings (SSSR count). The van der Waals surface area contributed by atoms with Crippen LogP contribution in [0.25, 0.3) is 11.1 Å². The fraction of sp³-hybridized carbons (Fsp3) is 0.0769. The number of nitrogens with zero attached hydrogens (tertiary/aromatic N) is 1. The van der Waals surface area contributed by atoms with Crippen molar-refractivity contribution >= 4 is 15.7 Å². The molecule has 0 aromatic heterocycles. The summed E-state index contributed by atoms with van der Waals surface area (Å²) < 4.78 is 28.5. The molecule has 0 radical (unpaired) electrons. The van der Waals surface area contributed by atoms with Gasteiger partial charge in [0.05, 0.1) is 17.1 Å². The van der Waals surface area contributed by atoms with Gasteiger partial charge in [0.25, 0.3) is 10.0 Å². The average Bonchev–Trinajstić information content (AvgIpc) is 2.79. The number of benzene rings is 4.